The van der Waals surface area contributed by atoms with E-state index in [9.17, 15) is 14.7 Å². The van der Waals surface area contributed by atoms with Crippen molar-refractivity contribution in [1.29, 1.82) is 0 Å². The van der Waals surface area contributed by atoms with E-state index in [2.05, 4.69) is 10.3 Å². The highest BCUT2D eigenvalue weighted by atomic mass is 35.5. The molecule has 36 heavy (non-hydrogen) atoms. The summed E-state index contributed by atoms with van der Waals surface area (Å²) < 4.78 is 11.1. The maximum absolute atomic E-state index is 12.8. The molecule has 3 N–H and O–H groups in total. The van der Waals surface area contributed by atoms with Crippen LogP contribution in [-0.2, 0) is 16.0 Å². The van der Waals surface area contributed by atoms with Crippen LogP contribution in [0.3, 0.4) is 0 Å². The fourth-order valence-electron chi connectivity index (χ4n) is 4.72. The average molecular weight is 512 g/mol. The number of hydrogen-bond donors (Lipinski definition) is 3. The molecule has 1 aliphatic carbocycles. The number of nitrogens with one attached hydrogen (secondary N) is 2. The summed E-state index contributed by atoms with van der Waals surface area (Å²) in [4.78, 5) is 29.8. The summed E-state index contributed by atoms with van der Waals surface area (Å²) in [5, 5.41) is 14.6. The molecular weight excluding hydrogens is 482 g/mol. The van der Waals surface area contributed by atoms with Gasteiger partial charge in [-0.25, -0.2) is 4.79 Å². The highest BCUT2D eigenvalue weighted by Crippen LogP contribution is 2.39. The molecule has 0 bridgehead atoms. The summed E-state index contributed by atoms with van der Waals surface area (Å²) in [5.41, 5.74) is 3.98. The second-order valence-electron chi connectivity index (χ2n) is 9.31. The Labute approximate surface area is 214 Å². The molecule has 2 aliphatic rings. The number of aliphatic hydroxyl groups excluding tert-OH is 1. The van der Waals surface area contributed by atoms with E-state index in [0.717, 1.165) is 40.6 Å². The smallest absolute Gasteiger partial charge is 0.410 e. The number of hydrogen-bond acceptors (Lipinski definition) is 5. The summed E-state index contributed by atoms with van der Waals surface area (Å²) in [6.07, 6.45) is 1.38. The van der Waals surface area contributed by atoms with E-state index < -0.39 is 6.10 Å². The molecule has 2 heterocycles. The lowest BCUT2D eigenvalue weighted by Gasteiger charge is -2.35. The van der Waals surface area contributed by atoms with Crippen molar-refractivity contribution in [3.63, 3.8) is 0 Å². The Bertz CT molecular complexity index is 1250. The van der Waals surface area contributed by atoms with Gasteiger partial charge in [0.2, 0.25) is 5.91 Å². The Morgan fingerprint density at radius 2 is 2.00 bits per heavy atom. The first-order valence-corrected chi connectivity index (χ1v) is 12.7. The van der Waals surface area contributed by atoms with Gasteiger partial charge in [-0.3, -0.25) is 9.69 Å². The van der Waals surface area contributed by atoms with Crippen molar-refractivity contribution < 1.29 is 24.2 Å². The third-order valence-corrected chi connectivity index (χ3v) is 6.92. The summed E-state index contributed by atoms with van der Waals surface area (Å²) in [7, 11) is 0. The minimum atomic E-state index is -0.800. The predicted molar refractivity (Wildman–Crippen MR) is 136 cm³/mol. The van der Waals surface area contributed by atoms with Crippen LogP contribution in [0.1, 0.15) is 42.6 Å². The maximum Gasteiger partial charge on any atom is 0.410 e. The van der Waals surface area contributed by atoms with Crippen molar-refractivity contribution >= 4 is 34.5 Å². The number of carbonyl (C=O) groups excluding carboxylic acids is 2. The third kappa shape index (κ3) is 5.15. The number of aliphatic hydroxyl groups is 1. The number of rotatable bonds is 8. The second kappa shape index (κ2) is 10.4. The number of fused-ring (bicyclic) bond motifs is 3. The van der Waals surface area contributed by atoms with Crippen LogP contribution in [0.4, 0.5) is 4.79 Å². The first-order valence-electron chi connectivity index (χ1n) is 12.4. The quantitative estimate of drug-likeness (QED) is 0.420. The summed E-state index contributed by atoms with van der Waals surface area (Å²) in [6.45, 7) is 2.85. The summed E-state index contributed by atoms with van der Waals surface area (Å²) >= 11 is 6.26. The van der Waals surface area contributed by atoms with Crippen molar-refractivity contribution in [2.24, 2.45) is 5.92 Å². The minimum absolute atomic E-state index is 0.00402. The first kappa shape index (κ1) is 24.5. The van der Waals surface area contributed by atoms with Crippen LogP contribution in [0.15, 0.2) is 42.5 Å². The van der Waals surface area contributed by atoms with Gasteiger partial charge >= 0.3 is 6.09 Å². The lowest BCUT2D eigenvalue weighted by atomic mass is 9.92. The fourth-order valence-corrected chi connectivity index (χ4v) is 4.89. The molecule has 1 fully saturated rings. The van der Waals surface area contributed by atoms with Gasteiger partial charge in [0.15, 0.2) is 0 Å². The normalized spacial score (nSPS) is 18.0. The van der Waals surface area contributed by atoms with Crippen LogP contribution in [-0.4, -0.2) is 59.4 Å². The summed E-state index contributed by atoms with van der Waals surface area (Å²) in [6, 6.07) is 12.9. The van der Waals surface area contributed by atoms with E-state index in [1.165, 1.54) is 0 Å². The Morgan fingerprint density at radius 1 is 1.22 bits per heavy atom. The van der Waals surface area contributed by atoms with Crippen LogP contribution in [0.2, 0.25) is 5.02 Å². The van der Waals surface area contributed by atoms with Gasteiger partial charge in [0.1, 0.15) is 24.5 Å². The zero-order chi connectivity index (χ0) is 25.2. The topological polar surface area (TPSA) is 104 Å². The van der Waals surface area contributed by atoms with Crippen molar-refractivity contribution in [3.05, 3.63) is 64.3 Å². The van der Waals surface area contributed by atoms with Gasteiger partial charge in [-0.05, 0) is 67.6 Å². The third-order valence-electron chi connectivity index (χ3n) is 6.69. The SMILES string of the molecule is CCOC(=O)N1CCc2c([nH]c3ccc(Cl)cc23)C1c1ccc(OCC(O)CNC(=O)C2CC2)cc1. The Balaban J connectivity index is 1.33. The standard InChI is InChI=1S/C27H30ClN3O5/c1-2-35-27(34)31-12-11-21-22-13-18(28)7-10-23(22)30-24(21)25(31)16-5-8-20(9-6-16)36-15-19(32)14-29-26(33)17-3-4-17/h5-10,13,17,19,25,30,32H,2-4,11-12,14-15H2,1H3,(H,29,33). The van der Waals surface area contributed by atoms with Crippen LogP contribution < -0.4 is 10.1 Å². The van der Waals surface area contributed by atoms with Crippen molar-refractivity contribution in [3.8, 4) is 5.75 Å². The lowest BCUT2D eigenvalue weighted by molar-refractivity contribution is -0.122. The molecule has 5 rings (SSSR count). The first-order chi connectivity index (χ1) is 17.4. The van der Waals surface area contributed by atoms with E-state index >= 15 is 0 Å². The molecule has 8 nitrogen and oxygen atoms in total. The van der Waals surface area contributed by atoms with Crippen molar-refractivity contribution in [2.75, 3.05) is 26.3 Å². The van der Waals surface area contributed by atoms with Gasteiger partial charge in [0.25, 0.3) is 0 Å². The highest BCUT2D eigenvalue weighted by Gasteiger charge is 2.35. The van der Waals surface area contributed by atoms with Crippen LogP contribution in [0, 0.1) is 5.92 Å². The largest absolute Gasteiger partial charge is 0.491 e. The van der Waals surface area contributed by atoms with Gasteiger partial charge in [0, 0.05) is 40.6 Å². The van der Waals surface area contributed by atoms with Crippen molar-refractivity contribution in [1.82, 2.24) is 15.2 Å². The van der Waals surface area contributed by atoms with E-state index in [1.54, 1.807) is 11.8 Å². The Hall–Kier alpha value is -3.23. The Kier molecular flexibility index (Phi) is 7.07. The van der Waals surface area contributed by atoms with Gasteiger partial charge in [0.05, 0.1) is 6.61 Å². The zero-order valence-electron chi connectivity index (χ0n) is 20.1. The highest BCUT2D eigenvalue weighted by molar-refractivity contribution is 6.31. The van der Waals surface area contributed by atoms with Gasteiger partial charge in [-0.1, -0.05) is 23.7 Å². The number of H-pyrrole nitrogens is 1. The number of aromatic nitrogens is 1. The van der Waals surface area contributed by atoms with Crippen LogP contribution in [0.5, 0.6) is 5.75 Å². The van der Waals surface area contributed by atoms with Crippen LogP contribution in [0.25, 0.3) is 10.9 Å². The molecule has 2 atom stereocenters. The van der Waals surface area contributed by atoms with E-state index in [0.29, 0.717) is 30.3 Å². The number of aromatic amines is 1. The number of halogens is 1. The molecule has 0 radical (unpaired) electrons. The average Bonchev–Trinajstić information content (AvgIpc) is 3.67. The molecule has 0 saturated heterocycles. The van der Waals surface area contributed by atoms with Crippen molar-refractivity contribution in [2.45, 2.75) is 38.3 Å². The lowest BCUT2D eigenvalue weighted by Crippen LogP contribution is -2.41. The number of benzene rings is 2. The number of carbonyl (C=O) groups is 2. The van der Waals surface area contributed by atoms with E-state index in [1.807, 2.05) is 42.5 Å². The molecule has 2 amide bonds. The molecular formula is C27H30ClN3O5. The van der Waals surface area contributed by atoms with Gasteiger partial charge < -0.3 is 24.9 Å². The number of ether oxygens (including phenoxy) is 2. The fraction of sp³-hybridized carbons (Fsp3) is 0.407. The molecule has 0 spiro atoms. The maximum atomic E-state index is 12.8. The van der Waals surface area contributed by atoms with E-state index in [4.69, 9.17) is 21.1 Å². The molecule has 190 valence electrons. The van der Waals surface area contributed by atoms with E-state index in [-0.39, 0.29) is 37.1 Å². The molecule has 1 aromatic heterocycles. The molecule has 2 aromatic carbocycles. The second-order valence-corrected chi connectivity index (χ2v) is 9.74. The van der Waals surface area contributed by atoms with Crippen LogP contribution >= 0.6 is 11.6 Å². The molecule has 9 heteroatoms. The minimum Gasteiger partial charge on any atom is -0.491 e. The summed E-state index contributed by atoms with van der Waals surface area (Å²) in [5.74, 6) is 0.693. The monoisotopic (exact) mass is 511 g/mol. The van der Waals surface area contributed by atoms with Gasteiger partial charge in [-0.15, -0.1) is 0 Å². The zero-order valence-corrected chi connectivity index (χ0v) is 20.9. The number of nitrogens with zero attached hydrogens (tertiary/aromatic N) is 1. The van der Waals surface area contributed by atoms with Gasteiger partial charge in [-0.2, -0.15) is 0 Å². The molecule has 2 unspecified atom stereocenters. The Morgan fingerprint density at radius 3 is 2.72 bits per heavy atom. The molecule has 3 aromatic rings. The molecule has 1 saturated carbocycles. The predicted octanol–water partition coefficient (Wildman–Crippen LogP) is 4.19. The molecule has 1 aliphatic heterocycles. The number of amides is 2.